The molecule has 2 heterocycles. The molecular formula is C11H18N4O2. The number of nitrogens with zero attached hydrogens (tertiary/aromatic N) is 3. The van der Waals surface area contributed by atoms with E-state index in [0.29, 0.717) is 18.8 Å². The highest BCUT2D eigenvalue weighted by Crippen LogP contribution is 2.17. The van der Waals surface area contributed by atoms with Crippen molar-refractivity contribution in [3.63, 3.8) is 0 Å². The fourth-order valence-electron chi connectivity index (χ4n) is 1.98. The Hall–Kier alpha value is -1.56. The van der Waals surface area contributed by atoms with Gasteiger partial charge in [0.25, 0.3) is 0 Å². The van der Waals surface area contributed by atoms with Crippen molar-refractivity contribution in [2.75, 3.05) is 18.8 Å². The largest absolute Gasteiger partial charge is 0.396 e. The molecule has 1 amide bonds. The molecule has 0 saturated carbocycles. The Balaban J connectivity index is 1.92. The molecule has 94 valence electrons. The lowest BCUT2D eigenvalue weighted by Crippen LogP contribution is -2.46. The van der Waals surface area contributed by atoms with Crippen LogP contribution in [-0.2, 0) is 11.3 Å². The summed E-state index contributed by atoms with van der Waals surface area (Å²) in [5.41, 5.74) is 6.07. The van der Waals surface area contributed by atoms with Crippen LogP contribution in [0.25, 0.3) is 0 Å². The molecule has 2 unspecified atom stereocenters. The van der Waals surface area contributed by atoms with E-state index >= 15 is 0 Å². The van der Waals surface area contributed by atoms with E-state index in [1.807, 2.05) is 6.92 Å². The number of anilines is 1. The number of aliphatic hydroxyl groups excluding tert-OH is 1. The quantitative estimate of drug-likeness (QED) is 0.740. The summed E-state index contributed by atoms with van der Waals surface area (Å²) in [7, 11) is 0. The van der Waals surface area contributed by atoms with Crippen molar-refractivity contribution in [1.82, 2.24) is 14.7 Å². The molecule has 1 aliphatic heterocycles. The Kier molecular flexibility index (Phi) is 3.33. The SMILES string of the molecule is CC1CCN(C(=O)Cn2cc(N)cn2)CC1O. The van der Waals surface area contributed by atoms with Gasteiger partial charge >= 0.3 is 0 Å². The van der Waals surface area contributed by atoms with Crippen LogP contribution in [-0.4, -0.2) is 44.9 Å². The van der Waals surface area contributed by atoms with Crippen LogP contribution in [0.2, 0.25) is 0 Å². The maximum atomic E-state index is 11.9. The lowest BCUT2D eigenvalue weighted by Gasteiger charge is -2.34. The van der Waals surface area contributed by atoms with E-state index in [1.165, 1.54) is 10.9 Å². The number of aliphatic hydroxyl groups is 1. The molecule has 6 heteroatoms. The normalized spacial score (nSPS) is 24.9. The van der Waals surface area contributed by atoms with Gasteiger partial charge in [-0.2, -0.15) is 5.10 Å². The second kappa shape index (κ2) is 4.75. The fraction of sp³-hybridized carbons (Fsp3) is 0.636. The van der Waals surface area contributed by atoms with Crippen LogP contribution in [0.1, 0.15) is 13.3 Å². The summed E-state index contributed by atoms with van der Waals surface area (Å²) in [4.78, 5) is 13.6. The van der Waals surface area contributed by atoms with Crippen LogP contribution >= 0.6 is 0 Å². The van der Waals surface area contributed by atoms with Crippen molar-refractivity contribution in [3.8, 4) is 0 Å². The van der Waals surface area contributed by atoms with Gasteiger partial charge in [-0.15, -0.1) is 0 Å². The molecule has 6 nitrogen and oxygen atoms in total. The van der Waals surface area contributed by atoms with Crippen LogP contribution < -0.4 is 5.73 Å². The number of nitrogen functional groups attached to an aromatic ring is 1. The van der Waals surface area contributed by atoms with E-state index in [9.17, 15) is 9.90 Å². The highest BCUT2D eigenvalue weighted by molar-refractivity contribution is 5.76. The first-order valence-corrected chi connectivity index (χ1v) is 5.80. The van der Waals surface area contributed by atoms with Gasteiger partial charge in [-0.25, -0.2) is 0 Å². The molecule has 1 aliphatic rings. The number of hydrogen-bond donors (Lipinski definition) is 2. The summed E-state index contributed by atoms with van der Waals surface area (Å²) in [6.45, 7) is 3.30. The van der Waals surface area contributed by atoms with Crippen molar-refractivity contribution < 1.29 is 9.90 Å². The van der Waals surface area contributed by atoms with Gasteiger partial charge in [0.1, 0.15) is 6.54 Å². The highest BCUT2D eigenvalue weighted by atomic mass is 16.3. The Bertz CT molecular complexity index is 404. The van der Waals surface area contributed by atoms with Crippen molar-refractivity contribution in [1.29, 1.82) is 0 Å². The molecule has 1 fully saturated rings. The molecule has 1 aromatic heterocycles. The summed E-state index contributed by atoms with van der Waals surface area (Å²) in [6.07, 6.45) is 3.56. The zero-order valence-corrected chi connectivity index (χ0v) is 9.91. The van der Waals surface area contributed by atoms with E-state index in [4.69, 9.17) is 5.73 Å². The highest BCUT2D eigenvalue weighted by Gasteiger charge is 2.27. The van der Waals surface area contributed by atoms with Gasteiger partial charge in [0, 0.05) is 19.3 Å². The summed E-state index contributed by atoms with van der Waals surface area (Å²) in [6, 6.07) is 0. The lowest BCUT2D eigenvalue weighted by molar-refractivity contribution is -0.136. The number of rotatable bonds is 2. The molecule has 0 spiro atoms. The van der Waals surface area contributed by atoms with E-state index < -0.39 is 6.10 Å². The van der Waals surface area contributed by atoms with E-state index in [2.05, 4.69) is 5.10 Å². The lowest BCUT2D eigenvalue weighted by atomic mass is 9.96. The molecule has 0 radical (unpaired) electrons. The van der Waals surface area contributed by atoms with E-state index in [1.54, 1.807) is 11.1 Å². The number of piperidine rings is 1. The van der Waals surface area contributed by atoms with Crippen LogP contribution in [0.5, 0.6) is 0 Å². The smallest absolute Gasteiger partial charge is 0.244 e. The second-order valence-electron chi connectivity index (χ2n) is 4.64. The third kappa shape index (κ3) is 2.76. The van der Waals surface area contributed by atoms with Crippen molar-refractivity contribution in [2.24, 2.45) is 5.92 Å². The third-order valence-corrected chi connectivity index (χ3v) is 3.22. The summed E-state index contributed by atoms with van der Waals surface area (Å²) < 4.78 is 1.52. The first kappa shape index (κ1) is 11.9. The number of hydrogen-bond acceptors (Lipinski definition) is 4. The third-order valence-electron chi connectivity index (χ3n) is 3.22. The summed E-state index contributed by atoms with van der Waals surface area (Å²) in [5, 5.41) is 13.7. The number of carbonyl (C=O) groups is 1. The van der Waals surface area contributed by atoms with Gasteiger partial charge in [0.2, 0.25) is 5.91 Å². The molecule has 2 rings (SSSR count). The van der Waals surface area contributed by atoms with Gasteiger partial charge in [-0.05, 0) is 12.3 Å². The maximum absolute atomic E-state index is 11.9. The second-order valence-corrected chi connectivity index (χ2v) is 4.64. The predicted molar refractivity (Wildman–Crippen MR) is 63.0 cm³/mol. The van der Waals surface area contributed by atoms with Crippen molar-refractivity contribution in [2.45, 2.75) is 26.0 Å². The molecule has 0 aromatic carbocycles. The standard InChI is InChI=1S/C11H18N4O2/c1-8-2-3-14(6-10(8)16)11(17)7-15-5-9(12)4-13-15/h4-5,8,10,16H,2-3,6-7,12H2,1H3. The zero-order chi connectivity index (χ0) is 12.4. The molecule has 1 aromatic rings. The molecule has 0 bridgehead atoms. The average Bonchev–Trinajstić information content (AvgIpc) is 2.68. The van der Waals surface area contributed by atoms with Gasteiger partial charge in [0.05, 0.1) is 18.0 Å². The number of β-amino-alcohol motifs (C(OH)–C–C–N with tert-alkyl or cyclic N) is 1. The topological polar surface area (TPSA) is 84.4 Å². The van der Waals surface area contributed by atoms with Gasteiger partial charge in [-0.1, -0.05) is 6.92 Å². The number of nitrogens with two attached hydrogens (primary N) is 1. The predicted octanol–water partition coefficient (Wildman–Crippen LogP) is -0.305. The first-order chi connectivity index (χ1) is 8.06. The minimum atomic E-state index is -0.421. The van der Waals surface area contributed by atoms with E-state index in [0.717, 1.165) is 6.42 Å². The Morgan fingerprint density at radius 2 is 2.47 bits per heavy atom. The Morgan fingerprint density at radius 3 is 3.06 bits per heavy atom. The average molecular weight is 238 g/mol. The monoisotopic (exact) mass is 238 g/mol. The van der Waals surface area contributed by atoms with Crippen molar-refractivity contribution in [3.05, 3.63) is 12.4 Å². The van der Waals surface area contributed by atoms with Crippen LogP contribution in [0.3, 0.4) is 0 Å². The van der Waals surface area contributed by atoms with Gasteiger partial charge in [0.15, 0.2) is 0 Å². The number of carbonyl (C=O) groups excluding carboxylic acids is 1. The van der Waals surface area contributed by atoms with Gasteiger partial charge < -0.3 is 15.7 Å². The molecule has 17 heavy (non-hydrogen) atoms. The number of amides is 1. The molecular weight excluding hydrogens is 220 g/mol. The molecule has 0 aliphatic carbocycles. The number of likely N-dealkylation sites (tertiary alicyclic amines) is 1. The molecule has 1 saturated heterocycles. The maximum Gasteiger partial charge on any atom is 0.244 e. The van der Waals surface area contributed by atoms with Crippen molar-refractivity contribution >= 4 is 11.6 Å². The minimum absolute atomic E-state index is 0.0287. The van der Waals surface area contributed by atoms with Crippen LogP contribution in [0, 0.1) is 5.92 Å². The summed E-state index contributed by atoms with van der Waals surface area (Å²) in [5.74, 6) is 0.235. The van der Waals surface area contributed by atoms with E-state index in [-0.39, 0.29) is 18.4 Å². The molecule has 3 N–H and O–H groups in total. The van der Waals surface area contributed by atoms with Crippen LogP contribution in [0.4, 0.5) is 5.69 Å². The minimum Gasteiger partial charge on any atom is -0.396 e. The van der Waals surface area contributed by atoms with Crippen LogP contribution in [0.15, 0.2) is 12.4 Å². The zero-order valence-electron chi connectivity index (χ0n) is 9.91. The summed E-state index contributed by atoms with van der Waals surface area (Å²) >= 11 is 0. The Morgan fingerprint density at radius 1 is 1.71 bits per heavy atom. The number of aromatic nitrogens is 2. The molecule has 2 atom stereocenters. The fourth-order valence-corrected chi connectivity index (χ4v) is 1.98. The first-order valence-electron chi connectivity index (χ1n) is 5.80. The Labute approximate surface area is 100 Å². The van der Waals surface area contributed by atoms with Gasteiger partial charge in [-0.3, -0.25) is 9.48 Å².